The Morgan fingerprint density at radius 1 is 1.23 bits per heavy atom. The number of rotatable bonds is 5. The minimum absolute atomic E-state index is 0.00767. The molecule has 2 aliphatic heterocycles. The Balaban J connectivity index is 1.42. The van der Waals surface area contributed by atoms with Gasteiger partial charge in [0.15, 0.2) is 0 Å². The number of hydrazone groups is 1. The largest absolute Gasteiger partial charge is 0.383 e. The Bertz CT molecular complexity index is 948. The van der Waals surface area contributed by atoms with Crippen LogP contribution in [0.25, 0.3) is 0 Å². The first-order valence-electron chi connectivity index (χ1n) is 10.0. The molecule has 1 atom stereocenters. The van der Waals surface area contributed by atoms with E-state index in [1.165, 1.54) is 5.01 Å². The molecule has 0 aliphatic carbocycles. The summed E-state index contributed by atoms with van der Waals surface area (Å²) in [7, 11) is 1.60. The summed E-state index contributed by atoms with van der Waals surface area (Å²) in [6, 6.07) is 11.3. The van der Waals surface area contributed by atoms with Gasteiger partial charge in [0.2, 0.25) is 5.91 Å². The summed E-state index contributed by atoms with van der Waals surface area (Å²) in [6.07, 6.45) is 2.17. The highest BCUT2D eigenvalue weighted by molar-refractivity contribution is 6.06. The molecule has 156 valence electrons. The minimum atomic E-state index is -0.152. The lowest BCUT2D eigenvalue weighted by atomic mass is 9.93. The quantitative estimate of drug-likeness (QED) is 0.826. The van der Waals surface area contributed by atoms with Crippen molar-refractivity contribution in [2.45, 2.75) is 26.4 Å². The summed E-state index contributed by atoms with van der Waals surface area (Å²) in [6.45, 7) is 3.95. The van der Waals surface area contributed by atoms with Crippen molar-refractivity contribution in [3.63, 3.8) is 0 Å². The summed E-state index contributed by atoms with van der Waals surface area (Å²) in [5.41, 5.74) is 4.54. The zero-order valence-electron chi connectivity index (χ0n) is 17.2. The number of methoxy groups -OCH3 is 1. The predicted octanol–water partition coefficient (Wildman–Crippen LogP) is 2.85. The molecule has 1 unspecified atom stereocenters. The number of fused-ring (bicyclic) bond motifs is 1. The Morgan fingerprint density at radius 3 is 2.77 bits per heavy atom. The number of carbonyl (C=O) groups is 2. The maximum absolute atomic E-state index is 12.6. The van der Waals surface area contributed by atoms with Crippen LogP contribution in [0.15, 0.2) is 47.7 Å². The fraction of sp³-hybridized carbons (Fsp3) is 0.364. The van der Waals surface area contributed by atoms with Crippen molar-refractivity contribution in [2.75, 3.05) is 25.6 Å². The third-order valence-electron chi connectivity index (χ3n) is 5.38. The average Bonchev–Trinajstić information content (AvgIpc) is 3.18. The fourth-order valence-electron chi connectivity index (χ4n) is 3.71. The Morgan fingerprint density at radius 2 is 2.03 bits per heavy atom. The molecule has 2 aliphatic rings. The van der Waals surface area contributed by atoms with Gasteiger partial charge in [-0.25, -0.2) is 9.80 Å². The van der Waals surface area contributed by atoms with Crippen molar-refractivity contribution in [1.82, 2.24) is 14.9 Å². The molecular weight excluding hydrogens is 382 g/mol. The van der Waals surface area contributed by atoms with Crippen LogP contribution in [0.4, 0.5) is 10.5 Å². The van der Waals surface area contributed by atoms with Gasteiger partial charge >= 0.3 is 6.03 Å². The van der Waals surface area contributed by atoms with E-state index < -0.39 is 0 Å². The van der Waals surface area contributed by atoms with E-state index in [2.05, 4.69) is 15.4 Å². The SMILES string of the molecule is COCCN1N=C(c2ccc(NC(=O)N3Cc4cccnc4C3)cc2)C(C)CC1=O. The highest BCUT2D eigenvalue weighted by Gasteiger charge is 2.27. The van der Waals surface area contributed by atoms with Gasteiger partial charge in [-0.1, -0.05) is 25.1 Å². The number of nitrogens with one attached hydrogen (secondary N) is 1. The molecule has 0 radical (unpaired) electrons. The van der Waals surface area contributed by atoms with Crippen LogP contribution in [0.2, 0.25) is 0 Å². The summed E-state index contributed by atoms with van der Waals surface area (Å²) < 4.78 is 5.06. The van der Waals surface area contributed by atoms with E-state index in [9.17, 15) is 9.59 Å². The van der Waals surface area contributed by atoms with Gasteiger partial charge < -0.3 is 15.0 Å². The molecule has 2 aromatic rings. The van der Waals surface area contributed by atoms with Gasteiger partial charge in [-0.15, -0.1) is 0 Å². The van der Waals surface area contributed by atoms with Crippen molar-refractivity contribution < 1.29 is 14.3 Å². The zero-order valence-corrected chi connectivity index (χ0v) is 17.2. The van der Waals surface area contributed by atoms with E-state index >= 15 is 0 Å². The summed E-state index contributed by atoms with van der Waals surface area (Å²) in [5, 5.41) is 8.97. The Hall–Kier alpha value is -3.26. The molecule has 0 saturated heterocycles. The Labute approximate surface area is 175 Å². The smallest absolute Gasteiger partial charge is 0.322 e. The number of amides is 3. The number of hydrogen-bond donors (Lipinski definition) is 1. The summed E-state index contributed by atoms with van der Waals surface area (Å²) in [5.74, 6) is 0.0422. The van der Waals surface area contributed by atoms with Crippen LogP contribution in [0.5, 0.6) is 0 Å². The number of carbonyl (C=O) groups excluding carboxylic acids is 2. The molecule has 3 heterocycles. The molecule has 30 heavy (non-hydrogen) atoms. The number of anilines is 1. The van der Waals surface area contributed by atoms with Crippen LogP contribution < -0.4 is 5.32 Å². The summed E-state index contributed by atoms with van der Waals surface area (Å²) >= 11 is 0. The van der Waals surface area contributed by atoms with Crippen LogP contribution in [0.1, 0.15) is 30.2 Å². The van der Waals surface area contributed by atoms with E-state index in [4.69, 9.17) is 4.74 Å². The number of ether oxygens (including phenoxy) is 1. The zero-order chi connectivity index (χ0) is 21.1. The maximum Gasteiger partial charge on any atom is 0.322 e. The number of pyridine rings is 1. The van der Waals surface area contributed by atoms with Crippen molar-refractivity contribution >= 4 is 23.3 Å². The number of aromatic nitrogens is 1. The normalized spacial score (nSPS) is 18.3. The second-order valence-electron chi connectivity index (χ2n) is 7.57. The highest BCUT2D eigenvalue weighted by Crippen LogP contribution is 2.23. The van der Waals surface area contributed by atoms with Crippen molar-refractivity contribution in [3.05, 3.63) is 59.4 Å². The monoisotopic (exact) mass is 407 g/mol. The van der Waals surface area contributed by atoms with Gasteiger partial charge in [-0.2, -0.15) is 5.10 Å². The number of hydrogen-bond acceptors (Lipinski definition) is 5. The standard InChI is InChI=1S/C22H25N5O3/c1-15-12-20(28)27(10-11-30-2)25-21(15)16-5-7-18(8-6-16)24-22(29)26-13-17-4-3-9-23-19(17)14-26/h3-9,15H,10-14H2,1-2H3,(H,24,29). The molecular formula is C22H25N5O3. The number of urea groups is 1. The van der Waals surface area contributed by atoms with E-state index in [0.717, 1.165) is 22.5 Å². The first kappa shape index (κ1) is 20.0. The molecule has 3 amide bonds. The second kappa shape index (κ2) is 8.62. The predicted molar refractivity (Wildman–Crippen MR) is 113 cm³/mol. The molecule has 4 rings (SSSR count). The van der Waals surface area contributed by atoms with Crippen LogP contribution in [-0.2, 0) is 22.6 Å². The van der Waals surface area contributed by atoms with Crippen molar-refractivity contribution in [2.24, 2.45) is 11.0 Å². The molecule has 8 heteroatoms. The topological polar surface area (TPSA) is 87.1 Å². The van der Waals surface area contributed by atoms with Gasteiger partial charge in [-0.05, 0) is 29.3 Å². The van der Waals surface area contributed by atoms with Gasteiger partial charge in [-0.3, -0.25) is 9.78 Å². The van der Waals surface area contributed by atoms with E-state index in [-0.39, 0.29) is 17.9 Å². The average molecular weight is 407 g/mol. The molecule has 0 spiro atoms. The fourth-order valence-corrected chi connectivity index (χ4v) is 3.71. The van der Waals surface area contributed by atoms with Gasteiger partial charge in [0.1, 0.15) is 0 Å². The van der Waals surface area contributed by atoms with Crippen LogP contribution >= 0.6 is 0 Å². The molecule has 1 aromatic heterocycles. The molecule has 0 bridgehead atoms. The third kappa shape index (κ3) is 4.18. The lowest BCUT2D eigenvalue weighted by molar-refractivity contribution is -0.133. The van der Waals surface area contributed by atoms with Gasteiger partial charge in [0, 0.05) is 37.9 Å². The molecule has 1 N–H and O–H groups in total. The third-order valence-corrected chi connectivity index (χ3v) is 5.38. The lowest BCUT2D eigenvalue weighted by Crippen LogP contribution is -2.38. The number of nitrogens with zero attached hydrogens (tertiary/aromatic N) is 4. The summed E-state index contributed by atoms with van der Waals surface area (Å²) in [4.78, 5) is 30.8. The van der Waals surface area contributed by atoms with E-state index in [0.29, 0.717) is 38.3 Å². The first-order chi connectivity index (χ1) is 14.5. The van der Waals surface area contributed by atoms with Crippen molar-refractivity contribution in [1.29, 1.82) is 0 Å². The lowest BCUT2D eigenvalue weighted by Gasteiger charge is -2.27. The molecule has 1 aromatic carbocycles. The second-order valence-corrected chi connectivity index (χ2v) is 7.57. The van der Waals surface area contributed by atoms with Crippen LogP contribution in [-0.4, -0.2) is 52.8 Å². The van der Waals surface area contributed by atoms with Crippen LogP contribution in [0, 0.1) is 5.92 Å². The van der Waals surface area contributed by atoms with Crippen LogP contribution in [0.3, 0.4) is 0 Å². The van der Waals surface area contributed by atoms with Gasteiger partial charge in [0.25, 0.3) is 0 Å². The molecule has 0 saturated carbocycles. The Kier molecular flexibility index (Phi) is 5.76. The number of benzene rings is 1. The van der Waals surface area contributed by atoms with E-state index in [1.807, 2.05) is 43.3 Å². The van der Waals surface area contributed by atoms with Crippen molar-refractivity contribution in [3.8, 4) is 0 Å². The minimum Gasteiger partial charge on any atom is -0.383 e. The van der Waals surface area contributed by atoms with E-state index in [1.54, 1.807) is 18.2 Å². The maximum atomic E-state index is 12.6. The molecule has 0 fully saturated rings. The first-order valence-corrected chi connectivity index (χ1v) is 10.0. The highest BCUT2D eigenvalue weighted by atomic mass is 16.5. The molecule has 8 nitrogen and oxygen atoms in total. The van der Waals surface area contributed by atoms with Gasteiger partial charge in [0.05, 0.1) is 31.1 Å².